The SMILES string of the molecule is Cn1cc(NC(=O)OCC2c3ccccc3-c3ccccc32)cc1C(=O)Nc1cc(C(=O)OC(C)(C)C)n(C)c1. The van der Waals surface area contributed by atoms with Gasteiger partial charge in [-0.3, -0.25) is 10.1 Å². The molecule has 40 heavy (non-hydrogen) atoms. The molecule has 0 saturated carbocycles. The molecule has 2 aromatic carbocycles. The number of benzene rings is 2. The van der Waals surface area contributed by atoms with Gasteiger partial charge < -0.3 is 23.9 Å². The maximum Gasteiger partial charge on any atom is 0.411 e. The lowest BCUT2D eigenvalue weighted by Gasteiger charge is -2.19. The minimum absolute atomic E-state index is 0.0493. The van der Waals surface area contributed by atoms with Gasteiger partial charge in [-0.05, 0) is 55.2 Å². The average molecular weight is 541 g/mol. The Bertz CT molecular complexity index is 1560. The van der Waals surface area contributed by atoms with Crippen LogP contribution in [0.15, 0.2) is 73.1 Å². The van der Waals surface area contributed by atoms with Gasteiger partial charge in [0.15, 0.2) is 0 Å². The summed E-state index contributed by atoms with van der Waals surface area (Å²) in [5, 5.41) is 5.51. The number of ether oxygens (including phenoxy) is 2. The molecular weight excluding hydrogens is 508 g/mol. The van der Waals surface area contributed by atoms with E-state index in [0.717, 1.165) is 22.3 Å². The van der Waals surface area contributed by atoms with Gasteiger partial charge >= 0.3 is 12.1 Å². The molecule has 5 rings (SSSR count). The van der Waals surface area contributed by atoms with Crippen LogP contribution in [0.3, 0.4) is 0 Å². The molecule has 0 spiro atoms. The van der Waals surface area contributed by atoms with Crippen molar-refractivity contribution in [3.05, 3.63) is 95.6 Å². The number of hydrogen-bond donors (Lipinski definition) is 2. The molecule has 2 heterocycles. The van der Waals surface area contributed by atoms with Crippen LogP contribution in [0.4, 0.5) is 16.2 Å². The van der Waals surface area contributed by atoms with Crippen molar-refractivity contribution in [1.82, 2.24) is 9.13 Å². The second-order valence-electron chi connectivity index (χ2n) is 10.9. The molecule has 0 fully saturated rings. The summed E-state index contributed by atoms with van der Waals surface area (Å²) >= 11 is 0. The number of aryl methyl sites for hydroxylation is 2. The lowest BCUT2D eigenvalue weighted by atomic mass is 9.98. The molecule has 206 valence electrons. The van der Waals surface area contributed by atoms with Gasteiger partial charge in [0.25, 0.3) is 5.91 Å². The maximum absolute atomic E-state index is 13.0. The van der Waals surface area contributed by atoms with Crippen LogP contribution in [0.2, 0.25) is 0 Å². The van der Waals surface area contributed by atoms with E-state index >= 15 is 0 Å². The number of nitrogens with zero attached hydrogens (tertiary/aromatic N) is 2. The lowest BCUT2D eigenvalue weighted by Crippen LogP contribution is -2.25. The van der Waals surface area contributed by atoms with Crippen molar-refractivity contribution in [1.29, 1.82) is 0 Å². The third kappa shape index (κ3) is 5.49. The Morgan fingerprint density at radius 2 is 1.32 bits per heavy atom. The quantitative estimate of drug-likeness (QED) is 0.295. The third-order valence-electron chi connectivity index (χ3n) is 6.70. The zero-order valence-electron chi connectivity index (χ0n) is 23.1. The second kappa shape index (κ2) is 10.4. The van der Waals surface area contributed by atoms with E-state index < -0.39 is 23.6 Å². The van der Waals surface area contributed by atoms with Crippen molar-refractivity contribution in [2.45, 2.75) is 32.3 Å². The number of amides is 2. The number of fused-ring (bicyclic) bond motifs is 3. The van der Waals surface area contributed by atoms with Gasteiger partial charge in [-0.25, -0.2) is 9.59 Å². The van der Waals surface area contributed by atoms with Crippen LogP contribution in [0.5, 0.6) is 0 Å². The van der Waals surface area contributed by atoms with Gasteiger partial charge in [0, 0.05) is 32.4 Å². The highest BCUT2D eigenvalue weighted by Crippen LogP contribution is 2.44. The molecule has 1 aliphatic rings. The van der Waals surface area contributed by atoms with Gasteiger partial charge in [0.1, 0.15) is 23.6 Å². The summed E-state index contributed by atoms with van der Waals surface area (Å²) in [6.07, 6.45) is 2.66. The summed E-state index contributed by atoms with van der Waals surface area (Å²) in [6.45, 7) is 5.56. The smallest absolute Gasteiger partial charge is 0.411 e. The minimum Gasteiger partial charge on any atom is -0.455 e. The standard InChI is InChI=1S/C31H32N4O5/c1-31(2,3)40-29(37)27-15-19(16-35(27)5)32-28(36)26-14-20(17-34(26)4)33-30(38)39-18-25-23-12-8-6-10-21(23)22-11-7-9-13-24(22)25/h6-17,25H,18H2,1-5H3,(H,32,36)(H,33,38). The van der Waals surface area contributed by atoms with Crippen molar-refractivity contribution in [2.24, 2.45) is 14.1 Å². The molecule has 0 unspecified atom stereocenters. The fraction of sp³-hybridized carbons (Fsp3) is 0.258. The van der Waals surface area contributed by atoms with Crippen LogP contribution in [0.1, 0.15) is 58.8 Å². The number of nitrogens with one attached hydrogen (secondary N) is 2. The number of carbonyl (C=O) groups excluding carboxylic acids is 3. The summed E-state index contributed by atoms with van der Waals surface area (Å²) in [4.78, 5) is 38.1. The van der Waals surface area contributed by atoms with E-state index in [1.807, 2.05) is 24.3 Å². The fourth-order valence-electron chi connectivity index (χ4n) is 4.97. The highest BCUT2D eigenvalue weighted by molar-refractivity contribution is 6.05. The van der Waals surface area contributed by atoms with Gasteiger partial charge in [0.2, 0.25) is 0 Å². The molecule has 0 radical (unpaired) electrons. The number of anilines is 2. The summed E-state index contributed by atoms with van der Waals surface area (Å²) in [5.74, 6) is -0.930. The molecule has 2 amide bonds. The minimum atomic E-state index is -0.634. The molecule has 2 aromatic heterocycles. The zero-order chi connectivity index (χ0) is 28.6. The predicted octanol–water partition coefficient (Wildman–Crippen LogP) is 5.93. The van der Waals surface area contributed by atoms with E-state index in [1.165, 1.54) is 0 Å². The first-order chi connectivity index (χ1) is 19.0. The molecule has 9 heteroatoms. The summed E-state index contributed by atoms with van der Waals surface area (Å²) in [5.41, 5.74) is 5.44. The Kier molecular flexibility index (Phi) is 6.97. The van der Waals surface area contributed by atoms with Crippen molar-refractivity contribution in [3.63, 3.8) is 0 Å². The highest BCUT2D eigenvalue weighted by Gasteiger charge is 2.29. The van der Waals surface area contributed by atoms with Crippen LogP contribution in [0.25, 0.3) is 11.1 Å². The van der Waals surface area contributed by atoms with E-state index in [0.29, 0.717) is 22.8 Å². The van der Waals surface area contributed by atoms with Crippen LogP contribution < -0.4 is 10.6 Å². The Morgan fingerprint density at radius 1 is 0.800 bits per heavy atom. The van der Waals surface area contributed by atoms with Gasteiger partial charge in [-0.2, -0.15) is 0 Å². The molecule has 1 aliphatic carbocycles. The number of hydrogen-bond acceptors (Lipinski definition) is 5. The molecule has 4 aromatic rings. The number of aromatic nitrogens is 2. The summed E-state index contributed by atoms with van der Waals surface area (Å²) in [6, 6.07) is 19.4. The molecule has 9 nitrogen and oxygen atoms in total. The lowest BCUT2D eigenvalue weighted by molar-refractivity contribution is 0.00588. The summed E-state index contributed by atoms with van der Waals surface area (Å²) < 4.78 is 14.2. The second-order valence-corrected chi connectivity index (χ2v) is 10.9. The van der Waals surface area contributed by atoms with E-state index in [2.05, 4.69) is 34.9 Å². The van der Waals surface area contributed by atoms with Crippen molar-refractivity contribution in [2.75, 3.05) is 17.2 Å². The molecular formula is C31H32N4O5. The molecule has 0 atom stereocenters. The first kappa shape index (κ1) is 26.8. The van der Waals surface area contributed by atoms with Crippen LogP contribution in [-0.2, 0) is 23.6 Å². The molecule has 0 saturated heterocycles. The first-order valence-corrected chi connectivity index (χ1v) is 13.0. The molecule has 0 bridgehead atoms. The zero-order valence-corrected chi connectivity index (χ0v) is 23.1. The average Bonchev–Trinajstić information content (AvgIpc) is 3.54. The maximum atomic E-state index is 13.0. The van der Waals surface area contributed by atoms with Crippen LogP contribution in [-0.4, -0.2) is 39.3 Å². The molecule has 2 N–H and O–H groups in total. The monoisotopic (exact) mass is 540 g/mol. The highest BCUT2D eigenvalue weighted by atomic mass is 16.6. The van der Waals surface area contributed by atoms with E-state index in [9.17, 15) is 14.4 Å². The van der Waals surface area contributed by atoms with E-state index in [4.69, 9.17) is 9.47 Å². The number of rotatable bonds is 6. The van der Waals surface area contributed by atoms with Crippen LogP contribution >= 0.6 is 0 Å². The summed E-state index contributed by atoms with van der Waals surface area (Å²) in [7, 11) is 3.41. The van der Waals surface area contributed by atoms with Crippen molar-refractivity contribution < 1.29 is 23.9 Å². The fourth-order valence-corrected chi connectivity index (χ4v) is 4.97. The predicted molar refractivity (Wildman–Crippen MR) is 153 cm³/mol. The van der Waals surface area contributed by atoms with Crippen molar-refractivity contribution >= 4 is 29.3 Å². The van der Waals surface area contributed by atoms with E-state index in [1.54, 1.807) is 68.5 Å². The Labute approximate surface area is 232 Å². The Hall–Kier alpha value is -4.79. The van der Waals surface area contributed by atoms with E-state index in [-0.39, 0.29) is 12.5 Å². The van der Waals surface area contributed by atoms with Gasteiger partial charge in [-0.15, -0.1) is 0 Å². The van der Waals surface area contributed by atoms with Gasteiger partial charge in [-0.1, -0.05) is 48.5 Å². The number of esters is 1. The third-order valence-corrected chi connectivity index (χ3v) is 6.70. The largest absolute Gasteiger partial charge is 0.455 e. The molecule has 0 aliphatic heterocycles. The van der Waals surface area contributed by atoms with Crippen molar-refractivity contribution in [3.8, 4) is 11.1 Å². The first-order valence-electron chi connectivity index (χ1n) is 13.0. The Balaban J connectivity index is 1.21. The number of carbonyl (C=O) groups is 3. The van der Waals surface area contributed by atoms with Crippen LogP contribution in [0, 0.1) is 0 Å². The normalized spacial score (nSPS) is 12.4. The Morgan fingerprint density at radius 3 is 1.93 bits per heavy atom. The topological polar surface area (TPSA) is 104 Å². The van der Waals surface area contributed by atoms with Gasteiger partial charge in [0.05, 0.1) is 11.4 Å².